The lowest BCUT2D eigenvalue weighted by Gasteiger charge is -2.23. The van der Waals surface area contributed by atoms with Gasteiger partial charge in [0, 0.05) is 5.56 Å². The van der Waals surface area contributed by atoms with E-state index in [4.69, 9.17) is 0 Å². The van der Waals surface area contributed by atoms with Crippen LogP contribution in [-0.2, 0) is 17.8 Å². The Hall–Kier alpha value is -3.15. The lowest BCUT2D eigenvalue weighted by Crippen LogP contribution is -2.32. The van der Waals surface area contributed by atoms with Crippen molar-refractivity contribution >= 4 is 17.8 Å². The van der Waals surface area contributed by atoms with E-state index in [1.54, 1.807) is 24.3 Å². The maximum atomic E-state index is 12.9. The van der Waals surface area contributed by atoms with Crippen molar-refractivity contribution in [3.8, 4) is 0 Å². The first kappa shape index (κ1) is 22.5. The molecule has 0 aromatic heterocycles. The summed E-state index contributed by atoms with van der Waals surface area (Å²) in [4.78, 5) is 37.5. The van der Waals surface area contributed by atoms with Crippen LogP contribution in [0.4, 0.5) is 4.79 Å². The summed E-state index contributed by atoms with van der Waals surface area (Å²) in [6, 6.07) is 15.0. The van der Waals surface area contributed by atoms with Crippen LogP contribution in [0.2, 0.25) is 0 Å². The average molecular weight is 422 g/mol. The van der Waals surface area contributed by atoms with Gasteiger partial charge in [0.15, 0.2) is 0 Å². The zero-order chi connectivity index (χ0) is 22.5. The molecule has 1 fully saturated rings. The summed E-state index contributed by atoms with van der Waals surface area (Å²) in [5.74, 6) is 0.448. The number of rotatable bonds is 8. The van der Waals surface area contributed by atoms with Crippen molar-refractivity contribution < 1.29 is 14.4 Å². The van der Waals surface area contributed by atoms with Gasteiger partial charge in [-0.25, -0.2) is 4.79 Å². The van der Waals surface area contributed by atoms with Crippen LogP contribution < -0.4 is 10.6 Å². The van der Waals surface area contributed by atoms with E-state index in [1.165, 1.54) is 10.5 Å². The second kappa shape index (κ2) is 9.77. The normalized spacial score (nSPS) is 14.8. The van der Waals surface area contributed by atoms with E-state index in [1.807, 2.05) is 0 Å². The predicted molar refractivity (Wildman–Crippen MR) is 120 cm³/mol. The van der Waals surface area contributed by atoms with Crippen molar-refractivity contribution in [3.05, 3.63) is 70.8 Å². The van der Waals surface area contributed by atoms with Gasteiger partial charge in [0.05, 0.1) is 19.1 Å². The molecule has 2 N–H and O–H groups in total. The fourth-order valence-corrected chi connectivity index (χ4v) is 3.75. The van der Waals surface area contributed by atoms with Gasteiger partial charge in [0.1, 0.15) is 0 Å². The number of benzene rings is 2. The topological polar surface area (TPSA) is 78.5 Å². The Labute approximate surface area is 184 Å². The van der Waals surface area contributed by atoms with Crippen molar-refractivity contribution in [1.29, 1.82) is 0 Å². The molecule has 1 aliphatic heterocycles. The molecule has 31 heavy (non-hydrogen) atoms. The molecule has 164 valence electrons. The van der Waals surface area contributed by atoms with Gasteiger partial charge in [0.25, 0.3) is 5.91 Å². The highest BCUT2D eigenvalue weighted by molar-refractivity contribution is 6.01. The average Bonchev–Trinajstić information content (AvgIpc) is 3.04. The number of amides is 4. The van der Waals surface area contributed by atoms with Crippen LogP contribution in [0.5, 0.6) is 0 Å². The zero-order valence-electron chi connectivity index (χ0n) is 18.6. The van der Waals surface area contributed by atoms with Crippen molar-refractivity contribution in [2.24, 2.45) is 11.8 Å². The van der Waals surface area contributed by atoms with Gasteiger partial charge in [-0.2, -0.15) is 0 Å². The number of hydrogen-bond acceptors (Lipinski definition) is 3. The number of carbonyl (C=O) groups excluding carboxylic acids is 3. The van der Waals surface area contributed by atoms with E-state index in [2.05, 4.69) is 62.6 Å². The lowest BCUT2D eigenvalue weighted by atomic mass is 9.93. The molecule has 6 nitrogen and oxygen atoms in total. The van der Waals surface area contributed by atoms with Gasteiger partial charge in [-0.1, -0.05) is 64.1 Å². The second-order valence-corrected chi connectivity index (χ2v) is 8.87. The molecule has 0 radical (unpaired) electrons. The van der Waals surface area contributed by atoms with Crippen LogP contribution in [-0.4, -0.2) is 29.3 Å². The van der Waals surface area contributed by atoms with E-state index in [0.717, 1.165) is 17.5 Å². The molecule has 1 atom stereocenters. The molecule has 1 saturated heterocycles. The van der Waals surface area contributed by atoms with Gasteiger partial charge < -0.3 is 10.6 Å². The highest BCUT2D eigenvalue weighted by Gasteiger charge is 2.28. The Balaban J connectivity index is 1.66. The quantitative estimate of drug-likeness (QED) is 0.631. The molecule has 1 heterocycles. The molecule has 1 aliphatic rings. The summed E-state index contributed by atoms with van der Waals surface area (Å²) in [5, 5.41) is 5.65. The molecule has 6 heteroatoms. The largest absolute Gasteiger partial charge is 0.345 e. The van der Waals surface area contributed by atoms with E-state index >= 15 is 0 Å². The Kier molecular flexibility index (Phi) is 7.10. The fraction of sp³-hybridized carbons (Fsp3) is 0.400. The molecule has 3 rings (SSSR count). The SMILES string of the molecule is CC(C)Cc1ccc(C(NC(=O)c2ccc(CN3C(=O)CNC3=O)cc2)C(C)C)cc1. The molecule has 0 spiro atoms. The molecule has 1 unspecified atom stereocenters. The first-order valence-corrected chi connectivity index (χ1v) is 10.8. The Morgan fingerprint density at radius 2 is 1.58 bits per heavy atom. The molecule has 0 saturated carbocycles. The summed E-state index contributed by atoms with van der Waals surface area (Å²) >= 11 is 0. The maximum Gasteiger partial charge on any atom is 0.324 e. The zero-order valence-corrected chi connectivity index (χ0v) is 18.6. The Bertz CT molecular complexity index is 917. The highest BCUT2D eigenvalue weighted by atomic mass is 16.2. The summed E-state index contributed by atoms with van der Waals surface area (Å²) in [6.45, 7) is 8.82. The van der Waals surface area contributed by atoms with Gasteiger partial charge in [0.2, 0.25) is 5.91 Å². The number of carbonyl (C=O) groups is 3. The first-order valence-electron chi connectivity index (χ1n) is 10.8. The number of urea groups is 1. The number of nitrogens with zero attached hydrogens (tertiary/aromatic N) is 1. The van der Waals surface area contributed by atoms with E-state index in [9.17, 15) is 14.4 Å². The van der Waals surface area contributed by atoms with Gasteiger partial charge in [-0.05, 0) is 47.1 Å². The molecular formula is C25H31N3O3. The first-order chi connectivity index (χ1) is 14.7. The van der Waals surface area contributed by atoms with Gasteiger partial charge >= 0.3 is 6.03 Å². The maximum absolute atomic E-state index is 12.9. The number of hydrogen-bond donors (Lipinski definition) is 2. The van der Waals surface area contributed by atoms with Gasteiger partial charge in [-0.3, -0.25) is 14.5 Å². The highest BCUT2D eigenvalue weighted by Crippen LogP contribution is 2.23. The third kappa shape index (κ3) is 5.72. The van der Waals surface area contributed by atoms with Crippen LogP contribution in [0.3, 0.4) is 0 Å². The van der Waals surface area contributed by atoms with Crippen LogP contribution in [0.25, 0.3) is 0 Å². The smallest absolute Gasteiger partial charge is 0.324 e. The minimum atomic E-state index is -0.383. The van der Waals surface area contributed by atoms with Gasteiger partial charge in [-0.15, -0.1) is 0 Å². The number of nitrogens with one attached hydrogen (secondary N) is 2. The summed E-state index contributed by atoms with van der Waals surface area (Å²) in [5.41, 5.74) is 3.73. The molecule has 4 amide bonds. The second-order valence-electron chi connectivity index (χ2n) is 8.87. The van der Waals surface area contributed by atoms with Crippen LogP contribution in [0.15, 0.2) is 48.5 Å². The minimum Gasteiger partial charge on any atom is -0.345 e. The number of imide groups is 1. The monoisotopic (exact) mass is 421 g/mol. The van der Waals surface area contributed by atoms with Crippen LogP contribution in [0.1, 0.15) is 60.8 Å². The standard InChI is InChI=1S/C25H31N3O3/c1-16(2)13-18-5-9-20(10-6-18)23(17(3)4)27-24(30)21-11-7-19(8-12-21)15-28-22(29)14-26-25(28)31/h5-12,16-17,23H,13-15H2,1-4H3,(H,26,31)(H,27,30). The summed E-state index contributed by atoms with van der Waals surface area (Å²) in [7, 11) is 0. The Morgan fingerprint density at radius 3 is 2.10 bits per heavy atom. The van der Waals surface area contributed by atoms with E-state index in [-0.39, 0.29) is 42.9 Å². The summed E-state index contributed by atoms with van der Waals surface area (Å²) < 4.78 is 0. The molecular weight excluding hydrogens is 390 g/mol. The van der Waals surface area contributed by atoms with E-state index < -0.39 is 0 Å². The van der Waals surface area contributed by atoms with Crippen LogP contribution >= 0.6 is 0 Å². The summed E-state index contributed by atoms with van der Waals surface area (Å²) in [6.07, 6.45) is 1.04. The molecule has 2 aromatic carbocycles. The molecule has 2 aromatic rings. The van der Waals surface area contributed by atoms with E-state index in [0.29, 0.717) is 11.5 Å². The predicted octanol–water partition coefficient (Wildman–Crippen LogP) is 4.06. The van der Waals surface area contributed by atoms with Crippen molar-refractivity contribution in [3.63, 3.8) is 0 Å². The lowest BCUT2D eigenvalue weighted by molar-refractivity contribution is -0.125. The Morgan fingerprint density at radius 1 is 0.968 bits per heavy atom. The van der Waals surface area contributed by atoms with Crippen LogP contribution in [0, 0.1) is 11.8 Å². The molecule has 0 aliphatic carbocycles. The third-order valence-corrected chi connectivity index (χ3v) is 5.43. The van der Waals surface area contributed by atoms with Crippen molar-refractivity contribution in [2.75, 3.05) is 6.54 Å². The van der Waals surface area contributed by atoms with Crippen molar-refractivity contribution in [2.45, 2.75) is 46.7 Å². The van der Waals surface area contributed by atoms with Crippen molar-refractivity contribution in [1.82, 2.24) is 15.5 Å². The third-order valence-electron chi connectivity index (χ3n) is 5.43. The minimum absolute atomic E-state index is 0.0361. The fourth-order valence-electron chi connectivity index (χ4n) is 3.75. The molecule has 0 bridgehead atoms.